The molecular weight excluding hydrogens is 279 g/mol. The van der Waals surface area contributed by atoms with Crippen LogP contribution in [0.4, 0.5) is 9.52 Å². The molecule has 0 aliphatic carbocycles. The summed E-state index contributed by atoms with van der Waals surface area (Å²) in [4.78, 5) is 16.5. The minimum Gasteiger partial charge on any atom is -0.384 e. The largest absolute Gasteiger partial charge is 0.384 e. The summed E-state index contributed by atoms with van der Waals surface area (Å²) in [5.74, 6) is 4.07. The summed E-state index contributed by atoms with van der Waals surface area (Å²) >= 11 is 1.16. The second-order valence-corrected chi connectivity index (χ2v) is 4.91. The number of rotatable bonds is 2. The van der Waals surface area contributed by atoms with E-state index in [1.54, 1.807) is 19.1 Å². The van der Waals surface area contributed by atoms with Gasteiger partial charge >= 0.3 is 0 Å². The molecular formula is C14H11FN2O2S. The van der Waals surface area contributed by atoms with E-state index in [1.807, 2.05) is 0 Å². The fourth-order valence-corrected chi connectivity index (χ4v) is 2.19. The van der Waals surface area contributed by atoms with Crippen LogP contribution in [-0.2, 0) is 0 Å². The van der Waals surface area contributed by atoms with E-state index in [1.165, 1.54) is 12.3 Å². The average molecular weight is 290 g/mol. The van der Waals surface area contributed by atoms with Crippen molar-refractivity contribution in [1.29, 1.82) is 0 Å². The van der Waals surface area contributed by atoms with Crippen LogP contribution in [0.1, 0.15) is 20.8 Å². The maximum absolute atomic E-state index is 13.8. The molecule has 1 amide bonds. The van der Waals surface area contributed by atoms with E-state index in [9.17, 15) is 9.18 Å². The molecule has 0 atom stereocenters. The number of benzene rings is 1. The molecule has 4 nitrogen and oxygen atoms in total. The van der Waals surface area contributed by atoms with Gasteiger partial charge in [-0.15, -0.1) is 0 Å². The molecule has 0 aliphatic rings. The van der Waals surface area contributed by atoms with Gasteiger partial charge in [-0.1, -0.05) is 35.3 Å². The van der Waals surface area contributed by atoms with Crippen LogP contribution in [0.15, 0.2) is 24.4 Å². The Bertz CT molecular complexity index is 701. The summed E-state index contributed by atoms with van der Waals surface area (Å²) in [6.45, 7) is 1.35. The fourth-order valence-electron chi connectivity index (χ4n) is 1.50. The van der Waals surface area contributed by atoms with E-state index in [-0.39, 0.29) is 12.2 Å². The van der Waals surface area contributed by atoms with Crippen molar-refractivity contribution in [1.82, 2.24) is 4.98 Å². The highest BCUT2D eigenvalue weighted by Crippen LogP contribution is 2.19. The average Bonchev–Trinajstić information content (AvgIpc) is 2.87. The zero-order valence-electron chi connectivity index (χ0n) is 10.6. The third kappa shape index (κ3) is 3.20. The molecule has 0 fully saturated rings. The monoisotopic (exact) mass is 290 g/mol. The van der Waals surface area contributed by atoms with Crippen LogP contribution in [0, 0.1) is 24.6 Å². The second-order valence-electron chi connectivity index (χ2n) is 3.88. The Kier molecular flexibility index (Phi) is 4.45. The van der Waals surface area contributed by atoms with Gasteiger partial charge in [0.1, 0.15) is 12.4 Å². The number of carbonyl (C=O) groups is 1. The summed E-state index contributed by atoms with van der Waals surface area (Å²) in [7, 11) is 0. The number of hydrogen-bond donors (Lipinski definition) is 2. The van der Waals surface area contributed by atoms with Gasteiger partial charge in [-0.2, -0.15) is 0 Å². The van der Waals surface area contributed by atoms with Crippen LogP contribution in [0.25, 0.3) is 0 Å². The van der Waals surface area contributed by atoms with Gasteiger partial charge in [0, 0.05) is 0 Å². The van der Waals surface area contributed by atoms with Crippen molar-refractivity contribution in [2.75, 3.05) is 11.9 Å². The Balaban J connectivity index is 2.15. The van der Waals surface area contributed by atoms with Gasteiger partial charge in [0.15, 0.2) is 5.13 Å². The number of nitrogens with one attached hydrogen (secondary N) is 1. The summed E-state index contributed by atoms with van der Waals surface area (Å²) in [6.07, 6.45) is 1.48. The zero-order chi connectivity index (χ0) is 14.5. The first-order valence-electron chi connectivity index (χ1n) is 5.74. The zero-order valence-corrected chi connectivity index (χ0v) is 11.4. The second kappa shape index (κ2) is 6.28. The summed E-state index contributed by atoms with van der Waals surface area (Å²) < 4.78 is 13.8. The molecule has 0 radical (unpaired) electrons. The number of carbonyl (C=O) groups excluding carboxylic acids is 1. The van der Waals surface area contributed by atoms with Gasteiger partial charge in [0.25, 0.3) is 5.91 Å². The molecule has 1 aromatic carbocycles. The summed E-state index contributed by atoms with van der Waals surface area (Å²) in [5.41, 5.74) is 0.384. The van der Waals surface area contributed by atoms with Crippen LogP contribution in [-0.4, -0.2) is 22.6 Å². The van der Waals surface area contributed by atoms with E-state index in [2.05, 4.69) is 22.1 Å². The minimum absolute atomic E-state index is 0.0248. The highest BCUT2D eigenvalue weighted by Gasteiger charge is 2.14. The van der Waals surface area contributed by atoms with Gasteiger partial charge in [-0.05, 0) is 18.6 Å². The molecule has 102 valence electrons. The third-order valence-corrected chi connectivity index (χ3v) is 3.28. The lowest BCUT2D eigenvalue weighted by Gasteiger charge is -2.04. The van der Waals surface area contributed by atoms with Crippen LogP contribution < -0.4 is 5.32 Å². The van der Waals surface area contributed by atoms with Crippen LogP contribution in [0.5, 0.6) is 0 Å². The number of thiazole rings is 1. The molecule has 0 saturated heterocycles. The molecule has 1 heterocycles. The first kappa shape index (κ1) is 14.2. The Morgan fingerprint density at radius 2 is 2.35 bits per heavy atom. The van der Waals surface area contributed by atoms with E-state index >= 15 is 0 Å². The van der Waals surface area contributed by atoms with Crippen molar-refractivity contribution < 1.29 is 14.3 Å². The number of nitrogens with zero attached hydrogens (tertiary/aromatic N) is 1. The highest BCUT2D eigenvalue weighted by atomic mass is 32.1. The van der Waals surface area contributed by atoms with Crippen molar-refractivity contribution in [2.24, 2.45) is 0 Å². The van der Waals surface area contributed by atoms with Gasteiger partial charge in [0.2, 0.25) is 0 Å². The maximum Gasteiger partial charge on any atom is 0.260 e. The molecule has 0 saturated carbocycles. The predicted octanol–water partition coefficient (Wildman–Crippen LogP) is 2.19. The van der Waals surface area contributed by atoms with Gasteiger partial charge in [0.05, 0.1) is 16.6 Å². The lowest BCUT2D eigenvalue weighted by molar-refractivity contribution is 0.102. The van der Waals surface area contributed by atoms with E-state index in [0.717, 1.165) is 11.3 Å². The van der Waals surface area contributed by atoms with Crippen molar-refractivity contribution in [3.63, 3.8) is 0 Å². The first-order valence-corrected chi connectivity index (χ1v) is 6.55. The van der Waals surface area contributed by atoms with Crippen molar-refractivity contribution in [2.45, 2.75) is 6.92 Å². The molecule has 2 aromatic rings. The van der Waals surface area contributed by atoms with Gasteiger partial charge < -0.3 is 5.11 Å². The SMILES string of the molecule is Cc1cccc(C(=O)Nc2ncc(C#CCO)s2)c1F. The Morgan fingerprint density at radius 3 is 3.10 bits per heavy atom. The molecule has 0 bridgehead atoms. The molecule has 0 aliphatic heterocycles. The fraction of sp³-hybridized carbons (Fsp3) is 0.143. The normalized spacial score (nSPS) is 9.75. The molecule has 2 rings (SSSR count). The predicted molar refractivity (Wildman–Crippen MR) is 75.2 cm³/mol. The molecule has 0 unspecified atom stereocenters. The minimum atomic E-state index is -0.554. The van der Waals surface area contributed by atoms with Crippen molar-refractivity contribution in [3.8, 4) is 11.8 Å². The van der Waals surface area contributed by atoms with Gasteiger partial charge in [-0.25, -0.2) is 9.37 Å². The maximum atomic E-state index is 13.8. The molecule has 2 N–H and O–H groups in total. The highest BCUT2D eigenvalue weighted by molar-refractivity contribution is 7.16. The number of anilines is 1. The van der Waals surface area contributed by atoms with E-state index in [4.69, 9.17) is 5.11 Å². The third-order valence-electron chi connectivity index (χ3n) is 2.45. The van der Waals surface area contributed by atoms with Gasteiger partial charge in [-0.3, -0.25) is 10.1 Å². The van der Waals surface area contributed by atoms with Crippen molar-refractivity contribution >= 4 is 22.4 Å². The standard InChI is InChI=1S/C14H11FN2O2S/c1-9-4-2-6-11(12(9)15)13(19)17-14-16-8-10(20-14)5-3-7-18/h2,4,6,8,18H,7H2,1H3,(H,16,17,19). The van der Waals surface area contributed by atoms with Crippen LogP contribution in [0.3, 0.4) is 0 Å². The van der Waals surface area contributed by atoms with Crippen molar-refractivity contribution in [3.05, 3.63) is 46.2 Å². The lowest BCUT2D eigenvalue weighted by Crippen LogP contribution is -2.14. The number of hydrogen-bond acceptors (Lipinski definition) is 4. The molecule has 0 spiro atoms. The Hall–Kier alpha value is -2.23. The van der Waals surface area contributed by atoms with E-state index in [0.29, 0.717) is 15.6 Å². The number of aliphatic hydroxyl groups is 1. The number of amides is 1. The summed E-state index contributed by atoms with van der Waals surface area (Å²) in [5, 5.41) is 11.4. The van der Waals surface area contributed by atoms with Crippen LogP contribution >= 0.6 is 11.3 Å². The lowest BCUT2D eigenvalue weighted by atomic mass is 10.1. The Labute approximate surface area is 119 Å². The number of aliphatic hydroxyl groups excluding tert-OH is 1. The number of halogens is 1. The quantitative estimate of drug-likeness (QED) is 0.833. The first-order chi connectivity index (χ1) is 9.61. The molecule has 6 heteroatoms. The Morgan fingerprint density at radius 1 is 1.55 bits per heavy atom. The summed E-state index contributed by atoms with van der Waals surface area (Å²) in [6, 6.07) is 4.63. The topological polar surface area (TPSA) is 62.2 Å². The number of aromatic nitrogens is 1. The molecule has 20 heavy (non-hydrogen) atoms. The number of aryl methyl sites for hydroxylation is 1. The van der Waals surface area contributed by atoms with E-state index < -0.39 is 11.7 Å². The smallest absolute Gasteiger partial charge is 0.260 e. The molecule has 1 aromatic heterocycles. The van der Waals surface area contributed by atoms with Crippen LogP contribution in [0.2, 0.25) is 0 Å².